The third-order valence-electron chi connectivity index (χ3n) is 4.18. The minimum atomic E-state index is -0.496. The normalized spacial score (nSPS) is 16.7. The van der Waals surface area contributed by atoms with E-state index in [0.717, 1.165) is 29.0 Å². The van der Waals surface area contributed by atoms with Gasteiger partial charge in [-0.15, -0.1) is 0 Å². The molecule has 3 rings (SSSR count). The van der Waals surface area contributed by atoms with Crippen LogP contribution in [0.15, 0.2) is 30.7 Å². The van der Waals surface area contributed by atoms with E-state index in [9.17, 15) is 4.79 Å². The number of hydrogen-bond acceptors (Lipinski definition) is 4. The van der Waals surface area contributed by atoms with Crippen LogP contribution in [0.2, 0.25) is 0 Å². The smallest absolute Gasteiger partial charge is 0.407 e. The zero-order valence-corrected chi connectivity index (χ0v) is 15.2. The third kappa shape index (κ3) is 3.95. The van der Waals surface area contributed by atoms with Crippen molar-refractivity contribution in [1.82, 2.24) is 14.9 Å². The first-order valence-electron chi connectivity index (χ1n) is 8.54. The highest BCUT2D eigenvalue weighted by atomic mass is 16.6. The summed E-state index contributed by atoms with van der Waals surface area (Å²) >= 11 is 0. The largest absolute Gasteiger partial charge is 0.493 e. The number of aryl methyl sites for hydroxylation is 1. The van der Waals surface area contributed by atoms with Crippen molar-refractivity contribution in [3.8, 4) is 17.0 Å². The molecule has 134 valence electrons. The highest BCUT2D eigenvalue weighted by molar-refractivity contribution is 5.71. The number of alkyl carbamates (subject to hydrolysis) is 1. The maximum absolute atomic E-state index is 11.9. The van der Waals surface area contributed by atoms with Crippen LogP contribution < -0.4 is 10.1 Å². The molecule has 1 N–H and O–H groups in total. The summed E-state index contributed by atoms with van der Waals surface area (Å²) in [5.41, 5.74) is 2.66. The molecule has 1 aromatic carbocycles. The average molecular weight is 343 g/mol. The molecule has 1 aromatic heterocycles. The molecule has 1 aliphatic rings. The van der Waals surface area contributed by atoms with E-state index < -0.39 is 5.60 Å². The third-order valence-corrected chi connectivity index (χ3v) is 4.18. The molecule has 0 bridgehead atoms. The van der Waals surface area contributed by atoms with Gasteiger partial charge < -0.3 is 19.4 Å². The molecule has 0 aliphatic carbocycles. The summed E-state index contributed by atoms with van der Waals surface area (Å²) < 4.78 is 13.3. The SMILES string of the molecule is Cn1cncc1-c1cccc2c1OCCC2CNC(=O)OC(C)(C)C. The number of nitrogens with one attached hydrogen (secondary N) is 1. The molecular formula is C19H25N3O3. The number of fused-ring (bicyclic) bond motifs is 1. The van der Waals surface area contributed by atoms with Gasteiger partial charge in [0.25, 0.3) is 0 Å². The van der Waals surface area contributed by atoms with Crippen LogP contribution in [0.3, 0.4) is 0 Å². The molecule has 0 saturated heterocycles. The molecule has 6 heteroatoms. The number of nitrogens with zero attached hydrogens (tertiary/aromatic N) is 2. The molecule has 2 aromatic rings. The lowest BCUT2D eigenvalue weighted by atomic mass is 9.90. The van der Waals surface area contributed by atoms with E-state index in [1.807, 2.05) is 50.7 Å². The Labute approximate surface area is 148 Å². The van der Waals surface area contributed by atoms with Crippen LogP contribution in [-0.4, -0.2) is 34.4 Å². The lowest BCUT2D eigenvalue weighted by molar-refractivity contribution is 0.0521. The Kier molecular flexibility index (Phi) is 4.70. The van der Waals surface area contributed by atoms with Crippen molar-refractivity contribution in [2.45, 2.75) is 38.7 Å². The summed E-state index contributed by atoms with van der Waals surface area (Å²) in [6, 6.07) is 6.13. The molecule has 1 aliphatic heterocycles. The van der Waals surface area contributed by atoms with Crippen LogP contribution in [0, 0.1) is 0 Å². The molecule has 2 heterocycles. The number of rotatable bonds is 3. The predicted octanol–water partition coefficient (Wildman–Crippen LogP) is 3.48. The monoisotopic (exact) mass is 343 g/mol. The van der Waals surface area contributed by atoms with Crippen molar-refractivity contribution < 1.29 is 14.3 Å². The fourth-order valence-corrected chi connectivity index (χ4v) is 3.05. The quantitative estimate of drug-likeness (QED) is 0.927. The lowest BCUT2D eigenvalue weighted by Crippen LogP contribution is -2.35. The van der Waals surface area contributed by atoms with Crippen molar-refractivity contribution in [2.75, 3.05) is 13.2 Å². The van der Waals surface area contributed by atoms with Crippen molar-refractivity contribution in [2.24, 2.45) is 7.05 Å². The second-order valence-corrected chi connectivity index (χ2v) is 7.33. The summed E-state index contributed by atoms with van der Waals surface area (Å²) in [5, 5.41) is 2.88. The molecule has 0 saturated carbocycles. The van der Waals surface area contributed by atoms with E-state index in [1.165, 1.54) is 0 Å². The van der Waals surface area contributed by atoms with Crippen molar-refractivity contribution in [1.29, 1.82) is 0 Å². The fraction of sp³-hybridized carbons (Fsp3) is 0.474. The first-order chi connectivity index (χ1) is 11.8. The maximum Gasteiger partial charge on any atom is 0.407 e. The van der Waals surface area contributed by atoms with E-state index in [4.69, 9.17) is 9.47 Å². The Morgan fingerprint density at radius 1 is 1.44 bits per heavy atom. The summed E-state index contributed by atoms with van der Waals surface area (Å²) in [4.78, 5) is 16.1. The molecule has 25 heavy (non-hydrogen) atoms. The number of carbonyl (C=O) groups excluding carboxylic acids is 1. The number of aromatic nitrogens is 2. The number of para-hydroxylation sites is 1. The molecule has 6 nitrogen and oxygen atoms in total. The second kappa shape index (κ2) is 6.78. The maximum atomic E-state index is 11.9. The van der Waals surface area contributed by atoms with E-state index in [-0.39, 0.29) is 12.0 Å². The van der Waals surface area contributed by atoms with Gasteiger partial charge in [-0.3, -0.25) is 0 Å². The first-order valence-corrected chi connectivity index (χ1v) is 8.54. The van der Waals surface area contributed by atoms with Gasteiger partial charge in [-0.25, -0.2) is 9.78 Å². The number of benzene rings is 1. The minimum absolute atomic E-state index is 0.199. The van der Waals surface area contributed by atoms with Gasteiger partial charge in [-0.2, -0.15) is 0 Å². The minimum Gasteiger partial charge on any atom is -0.493 e. The Morgan fingerprint density at radius 2 is 2.24 bits per heavy atom. The van der Waals surface area contributed by atoms with Gasteiger partial charge in [0.2, 0.25) is 0 Å². The summed E-state index contributed by atoms with van der Waals surface area (Å²) in [5.74, 6) is 1.08. The van der Waals surface area contributed by atoms with E-state index in [0.29, 0.717) is 13.2 Å². The van der Waals surface area contributed by atoms with E-state index >= 15 is 0 Å². The van der Waals surface area contributed by atoms with Crippen LogP contribution in [-0.2, 0) is 11.8 Å². The Bertz CT molecular complexity index is 762. The topological polar surface area (TPSA) is 65.4 Å². The fourth-order valence-electron chi connectivity index (χ4n) is 3.05. The van der Waals surface area contributed by atoms with E-state index in [2.05, 4.69) is 16.4 Å². The molecule has 0 fully saturated rings. The van der Waals surface area contributed by atoms with Crippen molar-refractivity contribution in [3.63, 3.8) is 0 Å². The summed E-state index contributed by atoms with van der Waals surface area (Å²) in [6.45, 7) is 6.73. The van der Waals surface area contributed by atoms with Gasteiger partial charge in [0.05, 0.1) is 24.8 Å². The highest BCUT2D eigenvalue weighted by Gasteiger charge is 2.26. The zero-order valence-electron chi connectivity index (χ0n) is 15.2. The number of ether oxygens (including phenoxy) is 2. The van der Waals surface area contributed by atoms with Gasteiger partial charge in [-0.1, -0.05) is 12.1 Å². The standard InChI is InChI=1S/C19H25N3O3/c1-19(2,3)25-18(23)21-10-13-8-9-24-17-14(13)6-5-7-15(17)16-11-20-12-22(16)4/h5-7,11-13H,8-10H2,1-4H3,(H,21,23). The van der Waals surface area contributed by atoms with Gasteiger partial charge in [-0.05, 0) is 38.8 Å². The first kappa shape index (κ1) is 17.3. The average Bonchev–Trinajstić information content (AvgIpc) is 2.96. The molecule has 0 spiro atoms. The number of hydrogen-bond donors (Lipinski definition) is 1. The van der Waals surface area contributed by atoms with Gasteiger partial charge in [0, 0.05) is 25.1 Å². The zero-order chi connectivity index (χ0) is 18.0. The van der Waals surface area contributed by atoms with Crippen LogP contribution in [0.25, 0.3) is 11.3 Å². The molecule has 1 unspecified atom stereocenters. The van der Waals surface area contributed by atoms with Crippen LogP contribution in [0.5, 0.6) is 5.75 Å². The molecular weight excluding hydrogens is 318 g/mol. The van der Waals surface area contributed by atoms with Gasteiger partial charge in [0.15, 0.2) is 0 Å². The highest BCUT2D eigenvalue weighted by Crippen LogP contribution is 2.40. The Hall–Kier alpha value is -2.50. The van der Waals surface area contributed by atoms with Crippen LogP contribution in [0.4, 0.5) is 4.79 Å². The number of carbonyl (C=O) groups is 1. The second-order valence-electron chi connectivity index (χ2n) is 7.33. The Balaban J connectivity index is 1.79. The molecule has 1 amide bonds. The molecule has 0 radical (unpaired) electrons. The van der Waals surface area contributed by atoms with Gasteiger partial charge in [0.1, 0.15) is 11.4 Å². The van der Waals surface area contributed by atoms with Crippen molar-refractivity contribution >= 4 is 6.09 Å². The van der Waals surface area contributed by atoms with Gasteiger partial charge >= 0.3 is 6.09 Å². The lowest BCUT2D eigenvalue weighted by Gasteiger charge is -2.28. The number of amides is 1. The summed E-state index contributed by atoms with van der Waals surface area (Å²) in [7, 11) is 1.96. The van der Waals surface area contributed by atoms with Crippen LogP contribution >= 0.6 is 0 Å². The van der Waals surface area contributed by atoms with Crippen LogP contribution in [0.1, 0.15) is 38.7 Å². The predicted molar refractivity (Wildman–Crippen MR) is 95.7 cm³/mol. The summed E-state index contributed by atoms with van der Waals surface area (Å²) in [6.07, 6.45) is 4.08. The number of imidazole rings is 1. The Morgan fingerprint density at radius 3 is 2.92 bits per heavy atom. The van der Waals surface area contributed by atoms with E-state index in [1.54, 1.807) is 6.33 Å². The van der Waals surface area contributed by atoms with Crippen molar-refractivity contribution in [3.05, 3.63) is 36.3 Å². The molecule has 1 atom stereocenters.